The molecule has 1 unspecified atom stereocenters. The van der Waals surface area contributed by atoms with Crippen LogP contribution in [0.15, 0.2) is 24.3 Å². The van der Waals surface area contributed by atoms with Crippen molar-refractivity contribution >= 4 is 11.9 Å². The zero-order valence-corrected chi connectivity index (χ0v) is 11.4. The van der Waals surface area contributed by atoms with Crippen LogP contribution >= 0.6 is 0 Å². The van der Waals surface area contributed by atoms with Gasteiger partial charge in [0.15, 0.2) is 6.61 Å². The predicted molar refractivity (Wildman–Crippen MR) is 73.6 cm³/mol. The number of carboxylic acids is 1. The van der Waals surface area contributed by atoms with E-state index in [1.54, 1.807) is 24.3 Å². The molecule has 1 aromatic carbocycles. The third-order valence-corrected chi connectivity index (χ3v) is 3.29. The predicted octanol–water partition coefficient (Wildman–Crippen LogP) is 1.31. The lowest BCUT2D eigenvalue weighted by atomic mass is 10.1. The number of hydrogen-bond acceptors (Lipinski definition) is 4. The molecule has 21 heavy (non-hydrogen) atoms. The molecular formula is C15H16N2O4. The van der Waals surface area contributed by atoms with Gasteiger partial charge < -0.3 is 15.2 Å². The number of ether oxygens (including phenoxy) is 1. The van der Waals surface area contributed by atoms with Gasteiger partial charge in [0.05, 0.1) is 18.1 Å². The van der Waals surface area contributed by atoms with Gasteiger partial charge in [0.1, 0.15) is 5.75 Å². The lowest BCUT2D eigenvalue weighted by Gasteiger charge is -2.16. The summed E-state index contributed by atoms with van der Waals surface area (Å²) < 4.78 is 5.30. The number of nitrogens with zero attached hydrogens (tertiary/aromatic N) is 1. The Morgan fingerprint density at radius 2 is 2.05 bits per heavy atom. The second-order valence-electron chi connectivity index (χ2n) is 5.03. The maximum atomic E-state index is 11.8. The minimum Gasteiger partial charge on any atom is -0.484 e. The average Bonchev–Trinajstić information content (AvgIpc) is 3.29. The van der Waals surface area contributed by atoms with E-state index >= 15 is 0 Å². The molecule has 0 bridgehead atoms. The van der Waals surface area contributed by atoms with Crippen molar-refractivity contribution in [3.8, 4) is 11.8 Å². The average molecular weight is 288 g/mol. The van der Waals surface area contributed by atoms with E-state index in [0.29, 0.717) is 11.3 Å². The molecule has 2 N–H and O–H groups in total. The maximum Gasteiger partial charge on any atom is 0.305 e. The first-order valence-corrected chi connectivity index (χ1v) is 6.72. The van der Waals surface area contributed by atoms with E-state index in [2.05, 4.69) is 5.32 Å². The Hall–Kier alpha value is -2.55. The van der Waals surface area contributed by atoms with Crippen LogP contribution in [0.1, 0.15) is 24.8 Å². The zero-order valence-electron chi connectivity index (χ0n) is 11.4. The van der Waals surface area contributed by atoms with Gasteiger partial charge in [-0.2, -0.15) is 5.26 Å². The SMILES string of the molecule is N#Cc1ccc(OCC(=O)NC(CC(=O)O)C2CC2)cc1. The van der Waals surface area contributed by atoms with Gasteiger partial charge in [-0.05, 0) is 43.0 Å². The van der Waals surface area contributed by atoms with Crippen molar-refractivity contribution in [3.63, 3.8) is 0 Å². The first kappa shape index (κ1) is 14.9. The van der Waals surface area contributed by atoms with Gasteiger partial charge >= 0.3 is 5.97 Å². The molecule has 0 aliphatic heterocycles. The fraction of sp³-hybridized carbons (Fsp3) is 0.400. The Bertz CT molecular complexity index is 558. The highest BCUT2D eigenvalue weighted by atomic mass is 16.5. The van der Waals surface area contributed by atoms with E-state index in [0.717, 1.165) is 12.8 Å². The Balaban J connectivity index is 1.80. The summed E-state index contributed by atoms with van der Waals surface area (Å²) in [4.78, 5) is 22.5. The molecule has 6 heteroatoms. The molecule has 6 nitrogen and oxygen atoms in total. The van der Waals surface area contributed by atoms with Crippen LogP contribution in [0.3, 0.4) is 0 Å². The monoisotopic (exact) mass is 288 g/mol. The Kier molecular flexibility index (Phi) is 4.77. The van der Waals surface area contributed by atoms with E-state index in [4.69, 9.17) is 15.1 Å². The summed E-state index contributed by atoms with van der Waals surface area (Å²) in [7, 11) is 0. The van der Waals surface area contributed by atoms with Gasteiger partial charge in [-0.25, -0.2) is 0 Å². The van der Waals surface area contributed by atoms with Crippen molar-refractivity contribution in [2.75, 3.05) is 6.61 Å². The Morgan fingerprint density at radius 3 is 2.57 bits per heavy atom. The highest BCUT2D eigenvalue weighted by Gasteiger charge is 2.33. The van der Waals surface area contributed by atoms with Crippen LogP contribution in [0.5, 0.6) is 5.75 Å². The zero-order chi connectivity index (χ0) is 15.2. The Morgan fingerprint density at radius 1 is 1.38 bits per heavy atom. The first-order valence-electron chi connectivity index (χ1n) is 6.72. The summed E-state index contributed by atoms with van der Waals surface area (Å²) in [6.45, 7) is -0.172. The first-order chi connectivity index (χ1) is 10.1. The van der Waals surface area contributed by atoms with Gasteiger partial charge in [-0.1, -0.05) is 0 Å². The van der Waals surface area contributed by atoms with Crippen molar-refractivity contribution < 1.29 is 19.4 Å². The highest BCUT2D eigenvalue weighted by molar-refractivity contribution is 5.79. The van der Waals surface area contributed by atoms with Crippen LogP contribution in [0.25, 0.3) is 0 Å². The van der Waals surface area contributed by atoms with Gasteiger partial charge in [0.2, 0.25) is 0 Å². The Labute approximate surface area is 122 Å². The number of rotatable bonds is 7. The van der Waals surface area contributed by atoms with E-state index in [1.165, 1.54) is 0 Å². The van der Waals surface area contributed by atoms with Gasteiger partial charge in [-0.15, -0.1) is 0 Å². The third-order valence-electron chi connectivity index (χ3n) is 3.29. The van der Waals surface area contributed by atoms with Crippen LogP contribution in [0.4, 0.5) is 0 Å². The molecule has 0 spiro atoms. The number of carbonyl (C=O) groups excluding carboxylic acids is 1. The van der Waals surface area contributed by atoms with Gasteiger partial charge in [0, 0.05) is 6.04 Å². The van der Waals surface area contributed by atoms with Crippen LogP contribution < -0.4 is 10.1 Å². The van der Waals surface area contributed by atoms with Crippen LogP contribution in [0.2, 0.25) is 0 Å². The van der Waals surface area contributed by atoms with E-state index in [-0.39, 0.29) is 30.9 Å². The van der Waals surface area contributed by atoms with Crippen molar-refractivity contribution in [2.24, 2.45) is 5.92 Å². The number of aliphatic carboxylic acids is 1. The number of nitrogens with one attached hydrogen (secondary N) is 1. The van der Waals surface area contributed by atoms with E-state index in [1.807, 2.05) is 6.07 Å². The maximum absolute atomic E-state index is 11.8. The molecule has 1 atom stereocenters. The van der Waals surface area contributed by atoms with E-state index in [9.17, 15) is 9.59 Å². The number of amides is 1. The number of nitriles is 1. The van der Waals surface area contributed by atoms with Crippen LogP contribution in [0, 0.1) is 17.2 Å². The number of hydrogen-bond donors (Lipinski definition) is 2. The molecule has 1 aromatic rings. The molecule has 1 aliphatic carbocycles. The molecule has 0 aromatic heterocycles. The summed E-state index contributed by atoms with van der Waals surface area (Å²) in [5, 5.41) is 20.2. The number of carboxylic acid groups (broad SMARTS) is 1. The second kappa shape index (κ2) is 6.75. The smallest absolute Gasteiger partial charge is 0.305 e. The highest BCUT2D eigenvalue weighted by Crippen LogP contribution is 2.34. The molecule has 110 valence electrons. The van der Waals surface area contributed by atoms with Crippen LogP contribution in [-0.4, -0.2) is 29.6 Å². The lowest BCUT2D eigenvalue weighted by molar-refractivity contribution is -0.138. The summed E-state index contributed by atoms with van der Waals surface area (Å²) in [6.07, 6.45) is 1.84. The molecule has 0 radical (unpaired) electrons. The molecule has 1 saturated carbocycles. The molecule has 0 heterocycles. The lowest BCUT2D eigenvalue weighted by Crippen LogP contribution is -2.40. The molecule has 1 amide bonds. The normalized spacial score (nSPS) is 14.8. The molecule has 2 rings (SSSR count). The molecular weight excluding hydrogens is 272 g/mol. The second-order valence-corrected chi connectivity index (χ2v) is 5.03. The third kappa shape index (κ3) is 4.80. The minimum atomic E-state index is -0.916. The molecule has 1 fully saturated rings. The summed E-state index contributed by atoms with van der Waals surface area (Å²) in [6, 6.07) is 8.10. The summed E-state index contributed by atoms with van der Waals surface area (Å²) >= 11 is 0. The summed E-state index contributed by atoms with van der Waals surface area (Å²) in [5.41, 5.74) is 0.516. The number of carbonyl (C=O) groups is 2. The molecule has 1 aliphatic rings. The fourth-order valence-electron chi connectivity index (χ4n) is 2.05. The minimum absolute atomic E-state index is 0.0622. The van der Waals surface area contributed by atoms with Crippen molar-refractivity contribution in [3.05, 3.63) is 29.8 Å². The van der Waals surface area contributed by atoms with Crippen molar-refractivity contribution in [1.82, 2.24) is 5.32 Å². The molecule has 0 saturated heterocycles. The largest absolute Gasteiger partial charge is 0.484 e. The van der Waals surface area contributed by atoms with Crippen molar-refractivity contribution in [1.29, 1.82) is 5.26 Å². The standard InChI is InChI=1S/C15H16N2O4/c16-8-10-1-5-12(6-2-10)21-9-14(18)17-13(7-15(19)20)11-3-4-11/h1-2,5-6,11,13H,3-4,7,9H2,(H,17,18)(H,19,20). The quantitative estimate of drug-likeness (QED) is 0.788. The number of benzene rings is 1. The van der Waals surface area contributed by atoms with Crippen molar-refractivity contribution in [2.45, 2.75) is 25.3 Å². The van der Waals surface area contributed by atoms with E-state index < -0.39 is 5.97 Å². The van der Waals surface area contributed by atoms with Crippen LogP contribution in [-0.2, 0) is 9.59 Å². The topological polar surface area (TPSA) is 99.4 Å². The summed E-state index contributed by atoms with van der Waals surface area (Å²) in [5.74, 6) is -0.497. The fourth-order valence-corrected chi connectivity index (χ4v) is 2.05. The van der Waals surface area contributed by atoms with Gasteiger partial charge in [0.25, 0.3) is 5.91 Å². The van der Waals surface area contributed by atoms with Gasteiger partial charge in [-0.3, -0.25) is 9.59 Å².